The number of sulfonamides is 1. The van der Waals surface area contributed by atoms with E-state index in [-0.39, 0.29) is 22.3 Å². The van der Waals surface area contributed by atoms with Crippen LogP contribution in [0.3, 0.4) is 0 Å². The monoisotopic (exact) mass is 476 g/mol. The fraction of sp³-hybridized carbons (Fsp3) is 0.150. The first-order chi connectivity index (χ1) is 15.4. The molecule has 0 spiro atoms. The van der Waals surface area contributed by atoms with Crippen molar-refractivity contribution in [1.29, 1.82) is 0 Å². The second-order valence-corrected chi connectivity index (χ2v) is 8.78. The van der Waals surface area contributed by atoms with Crippen LogP contribution in [0.4, 0.5) is 37.6 Å². The number of aromatic nitrogens is 2. The number of primary sulfonamides is 1. The SMILES string of the molecule is Cc1cnc(Nc2cccc(S(N)(=O)=O)c2)nc1Nc1ccc2c(c1)N(C)C(=O)C(F)(F)O2. The summed E-state index contributed by atoms with van der Waals surface area (Å²) in [6.07, 6.45) is -2.39. The number of benzene rings is 2. The number of nitrogens with one attached hydrogen (secondary N) is 2. The van der Waals surface area contributed by atoms with E-state index in [2.05, 4.69) is 25.3 Å². The van der Waals surface area contributed by atoms with Gasteiger partial charge in [0.05, 0.1) is 10.6 Å². The van der Waals surface area contributed by atoms with Gasteiger partial charge in [0.15, 0.2) is 5.75 Å². The van der Waals surface area contributed by atoms with E-state index in [4.69, 9.17) is 5.14 Å². The Morgan fingerprint density at radius 1 is 1.12 bits per heavy atom. The molecule has 0 bridgehead atoms. The second-order valence-electron chi connectivity index (χ2n) is 7.21. The number of likely N-dealkylation sites (N-methyl/N-ethyl adjacent to an activating group) is 1. The van der Waals surface area contributed by atoms with Gasteiger partial charge in [-0.2, -0.15) is 13.8 Å². The van der Waals surface area contributed by atoms with E-state index in [1.54, 1.807) is 19.2 Å². The molecule has 10 nitrogen and oxygen atoms in total. The first-order valence-corrected chi connectivity index (χ1v) is 11.0. The van der Waals surface area contributed by atoms with Crippen molar-refractivity contribution >= 4 is 44.8 Å². The Morgan fingerprint density at radius 3 is 2.58 bits per heavy atom. The van der Waals surface area contributed by atoms with Crippen molar-refractivity contribution < 1.29 is 26.7 Å². The summed E-state index contributed by atoms with van der Waals surface area (Å²) in [5, 5.41) is 11.1. The van der Waals surface area contributed by atoms with Crippen LogP contribution in [0.2, 0.25) is 0 Å². The molecule has 0 radical (unpaired) electrons. The van der Waals surface area contributed by atoms with Gasteiger partial charge in [-0.15, -0.1) is 0 Å². The quantitative estimate of drug-likeness (QED) is 0.511. The van der Waals surface area contributed by atoms with Crippen LogP contribution in [-0.2, 0) is 14.8 Å². The first kappa shape index (κ1) is 22.4. The van der Waals surface area contributed by atoms with E-state index in [0.717, 1.165) is 4.90 Å². The molecule has 1 amide bonds. The van der Waals surface area contributed by atoms with Gasteiger partial charge in [-0.05, 0) is 43.3 Å². The summed E-state index contributed by atoms with van der Waals surface area (Å²) in [5.74, 6) is -1.04. The van der Waals surface area contributed by atoms with Crippen LogP contribution in [0.25, 0.3) is 0 Å². The Bertz CT molecular complexity index is 1370. The lowest BCUT2D eigenvalue weighted by Gasteiger charge is -2.31. The first-order valence-electron chi connectivity index (χ1n) is 9.44. The molecule has 2 aromatic carbocycles. The molecule has 0 saturated carbocycles. The van der Waals surface area contributed by atoms with Crippen LogP contribution in [0, 0.1) is 6.92 Å². The molecule has 3 aromatic rings. The number of amides is 1. The summed E-state index contributed by atoms with van der Waals surface area (Å²) in [4.78, 5) is 21.1. The predicted molar refractivity (Wildman–Crippen MR) is 117 cm³/mol. The van der Waals surface area contributed by atoms with E-state index in [1.165, 1.54) is 43.4 Å². The molecule has 1 aliphatic rings. The Hall–Kier alpha value is -3.84. The molecule has 1 aliphatic heterocycles. The van der Waals surface area contributed by atoms with Gasteiger partial charge >= 0.3 is 12.0 Å². The molecule has 2 heterocycles. The summed E-state index contributed by atoms with van der Waals surface area (Å²) >= 11 is 0. The summed E-state index contributed by atoms with van der Waals surface area (Å²) in [6.45, 7) is 1.76. The van der Waals surface area contributed by atoms with E-state index < -0.39 is 22.0 Å². The highest BCUT2D eigenvalue weighted by atomic mass is 32.2. The van der Waals surface area contributed by atoms with Gasteiger partial charge in [0, 0.05) is 30.2 Å². The van der Waals surface area contributed by atoms with Crippen LogP contribution in [0.15, 0.2) is 53.6 Å². The summed E-state index contributed by atoms with van der Waals surface area (Å²) in [7, 11) is -2.64. The number of nitrogens with two attached hydrogens (primary N) is 1. The number of halogens is 2. The summed E-state index contributed by atoms with van der Waals surface area (Å²) in [5.41, 5.74) is 1.71. The highest BCUT2D eigenvalue weighted by Gasteiger charge is 2.49. The number of alkyl halides is 2. The standard InChI is InChI=1S/C20H18F2N6O4S/c1-11-10-24-19(26-12-4-3-5-14(8-12)33(23,30)31)27-17(11)25-13-6-7-16-15(9-13)28(2)18(29)20(21,22)32-16/h3-10H,1-2H3,(H2,23,30,31)(H2,24,25,26,27). The van der Waals surface area contributed by atoms with E-state index >= 15 is 0 Å². The average molecular weight is 476 g/mol. The van der Waals surface area contributed by atoms with Crippen LogP contribution in [-0.4, -0.2) is 37.4 Å². The molecule has 4 rings (SSSR count). The van der Waals surface area contributed by atoms with Crippen molar-refractivity contribution in [2.24, 2.45) is 5.14 Å². The smallest absolute Gasteiger partial charge is 0.423 e. The fourth-order valence-corrected chi connectivity index (χ4v) is 3.63. The van der Waals surface area contributed by atoms with Gasteiger partial charge in [-0.25, -0.2) is 18.5 Å². The van der Waals surface area contributed by atoms with Crippen molar-refractivity contribution in [1.82, 2.24) is 9.97 Å². The van der Waals surface area contributed by atoms with E-state index in [0.29, 0.717) is 22.8 Å². The third kappa shape index (κ3) is 4.54. The molecular weight excluding hydrogens is 458 g/mol. The zero-order chi connectivity index (χ0) is 24.0. The number of hydrogen-bond donors (Lipinski definition) is 3. The zero-order valence-electron chi connectivity index (χ0n) is 17.3. The Labute approximate surface area is 187 Å². The highest BCUT2D eigenvalue weighted by molar-refractivity contribution is 7.89. The predicted octanol–water partition coefficient (Wildman–Crippen LogP) is 2.87. The number of aryl methyl sites for hydroxylation is 1. The number of carbonyl (C=O) groups excluding carboxylic acids is 1. The fourth-order valence-electron chi connectivity index (χ4n) is 3.08. The molecule has 13 heteroatoms. The van der Waals surface area contributed by atoms with Crippen LogP contribution >= 0.6 is 0 Å². The lowest BCUT2D eigenvalue weighted by Crippen LogP contribution is -2.49. The summed E-state index contributed by atoms with van der Waals surface area (Å²) < 4.78 is 54.9. The maximum absolute atomic E-state index is 13.6. The number of fused-ring (bicyclic) bond motifs is 1. The maximum Gasteiger partial charge on any atom is 0.482 e. The van der Waals surface area contributed by atoms with E-state index in [9.17, 15) is 22.0 Å². The van der Waals surface area contributed by atoms with Gasteiger partial charge in [0.1, 0.15) is 5.82 Å². The highest BCUT2D eigenvalue weighted by Crippen LogP contribution is 2.40. The van der Waals surface area contributed by atoms with Crippen LogP contribution < -0.4 is 25.4 Å². The molecule has 0 atom stereocenters. The van der Waals surface area contributed by atoms with Gasteiger partial charge in [-0.3, -0.25) is 4.79 Å². The molecule has 4 N–H and O–H groups in total. The topological polar surface area (TPSA) is 140 Å². The maximum atomic E-state index is 13.6. The van der Waals surface area contributed by atoms with Gasteiger partial charge < -0.3 is 20.3 Å². The number of hydrogen-bond acceptors (Lipinski definition) is 8. The minimum atomic E-state index is -3.93. The Kier molecular flexibility index (Phi) is 5.38. The minimum Gasteiger partial charge on any atom is -0.423 e. The number of anilines is 5. The zero-order valence-corrected chi connectivity index (χ0v) is 18.2. The van der Waals surface area contributed by atoms with Crippen molar-refractivity contribution in [2.45, 2.75) is 17.9 Å². The Morgan fingerprint density at radius 2 is 1.85 bits per heavy atom. The average Bonchev–Trinajstić information content (AvgIpc) is 2.74. The molecule has 0 fully saturated rings. The number of ether oxygens (including phenoxy) is 1. The minimum absolute atomic E-state index is 0.0708. The second kappa shape index (κ2) is 7.94. The molecule has 0 saturated heterocycles. The number of rotatable bonds is 5. The van der Waals surface area contributed by atoms with Gasteiger partial charge in [0.25, 0.3) is 0 Å². The molecule has 0 aliphatic carbocycles. The third-order valence-electron chi connectivity index (χ3n) is 4.77. The van der Waals surface area contributed by atoms with Crippen molar-refractivity contribution in [2.75, 3.05) is 22.6 Å². The van der Waals surface area contributed by atoms with Crippen molar-refractivity contribution in [3.8, 4) is 5.75 Å². The molecule has 33 heavy (non-hydrogen) atoms. The number of carbonyl (C=O) groups is 1. The lowest BCUT2D eigenvalue weighted by atomic mass is 10.2. The molecule has 0 unspecified atom stereocenters. The van der Waals surface area contributed by atoms with Crippen LogP contribution in [0.1, 0.15) is 5.56 Å². The summed E-state index contributed by atoms with van der Waals surface area (Å²) in [6, 6.07) is 10.2. The molecular formula is C20H18F2N6O4S. The van der Waals surface area contributed by atoms with E-state index in [1.807, 2.05) is 0 Å². The normalized spacial score (nSPS) is 14.9. The van der Waals surface area contributed by atoms with Crippen LogP contribution in [0.5, 0.6) is 5.75 Å². The number of nitrogens with zero attached hydrogens (tertiary/aromatic N) is 3. The largest absolute Gasteiger partial charge is 0.482 e. The van der Waals surface area contributed by atoms with Gasteiger partial charge in [0.2, 0.25) is 16.0 Å². The third-order valence-corrected chi connectivity index (χ3v) is 5.68. The van der Waals surface area contributed by atoms with Crippen molar-refractivity contribution in [3.63, 3.8) is 0 Å². The molecule has 172 valence electrons. The Balaban J connectivity index is 1.59. The van der Waals surface area contributed by atoms with Gasteiger partial charge in [-0.1, -0.05) is 6.07 Å². The van der Waals surface area contributed by atoms with Crippen molar-refractivity contribution in [3.05, 3.63) is 54.2 Å². The lowest BCUT2D eigenvalue weighted by molar-refractivity contribution is -0.192. The molecule has 1 aromatic heterocycles.